The fraction of sp³-hybridized carbons (Fsp3) is 0.500. The van der Waals surface area contributed by atoms with Crippen LogP contribution in [-0.4, -0.2) is 30.4 Å². The summed E-state index contributed by atoms with van der Waals surface area (Å²) < 4.78 is 0. The molecule has 20 heavy (non-hydrogen) atoms. The van der Waals surface area contributed by atoms with Crippen molar-refractivity contribution in [1.29, 1.82) is 0 Å². The first-order valence-electron chi connectivity index (χ1n) is 6.50. The van der Waals surface area contributed by atoms with Gasteiger partial charge in [0.05, 0.1) is 16.1 Å². The lowest BCUT2D eigenvalue weighted by Gasteiger charge is -2.27. The maximum absolute atomic E-state index is 12.3. The predicted molar refractivity (Wildman–Crippen MR) is 85.8 cm³/mol. The molecule has 1 aliphatic heterocycles. The Hall–Kier alpha value is -0.480. The number of benzene rings is 1. The minimum absolute atomic E-state index is 0. The van der Waals surface area contributed by atoms with Crippen LogP contribution >= 0.6 is 35.6 Å². The van der Waals surface area contributed by atoms with Crippen molar-refractivity contribution < 1.29 is 4.79 Å². The molecule has 112 valence electrons. The number of carbonyl (C=O) groups is 1. The monoisotopic (exact) mass is 336 g/mol. The molecule has 0 radical (unpaired) electrons. The maximum atomic E-state index is 12.3. The lowest BCUT2D eigenvalue weighted by Crippen LogP contribution is -2.46. The third kappa shape index (κ3) is 4.52. The fourth-order valence-electron chi connectivity index (χ4n) is 2.32. The summed E-state index contributed by atoms with van der Waals surface area (Å²) in [7, 11) is 1.82. The molecule has 1 aromatic rings. The van der Waals surface area contributed by atoms with Crippen LogP contribution in [0.15, 0.2) is 18.2 Å². The van der Waals surface area contributed by atoms with Crippen LogP contribution in [0.5, 0.6) is 0 Å². The van der Waals surface area contributed by atoms with Gasteiger partial charge < -0.3 is 10.2 Å². The zero-order valence-electron chi connectivity index (χ0n) is 11.4. The van der Waals surface area contributed by atoms with Gasteiger partial charge >= 0.3 is 0 Å². The predicted octanol–water partition coefficient (Wildman–Crippen LogP) is 3.52. The minimum Gasteiger partial charge on any atom is -0.340 e. The van der Waals surface area contributed by atoms with Crippen LogP contribution in [-0.2, 0) is 11.3 Å². The maximum Gasteiger partial charge on any atom is 0.239 e. The number of halogens is 3. The molecule has 1 N–H and O–H groups in total. The van der Waals surface area contributed by atoms with E-state index in [1.807, 2.05) is 19.2 Å². The smallest absolute Gasteiger partial charge is 0.239 e. The lowest BCUT2D eigenvalue weighted by molar-refractivity contribution is -0.133. The molecule has 0 saturated carbocycles. The molecule has 0 aromatic heterocycles. The van der Waals surface area contributed by atoms with Crippen LogP contribution in [0, 0.1) is 0 Å². The summed E-state index contributed by atoms with van der Waals surface area (Å²) in [4.78, 5) is 14.0. The van der Waals surface area contributed by atoms with Gasteiger partial charge in [-0.05, 0) is 37.1 Å². The van der Waals surface area contributed by atoms with Gasteiger partial charge in [0, 0.05) is 13.6 Å². The number of amides is 1. The first-order valence-corrected chi connectivity index (χ1v) is 7.26. The van der Waals surface area contributed by atoms with Gasteiger partial charge in [0.15, 0.2) is 0 Å². The van der Waals surface area contributed by atoms with E-state index in [9.17, 15) is 4.79 Å². The van der Waals surface area contributed by atoms with E-state index in [1.54, 1.807) is 11.0 Å². The van der Waals surface area contributed by atoms with E-state index in [2.05, 4.69) is 5.32 Å². The highest BCUT2D eigenvalue weighted by molar-refractivity contribution is 6.42. The highest BCUT2D eigenvalue weighted by atomic mass is 35.5. The van der Waals surface area contributed by atoms with E-state index < -0.39 is 0 Å². The standard InChI is InChI=1S/C14H18Cl2N2O.ClH/c1-18(14(19)13-4-2-3-7-17-13)9-10-5-6-11(15)12(16)8-10;/h5-6,8,13,17H,2-4,7,9H2,1H3;1H/t13-;/m1./s1. The number of nitrogens with one attached hydrogen (secondary N) is 1. The van der Waals surface area contributed by atoms with Crippen molar-refractivity contribution in [1.82, 2.24) is 10.2 Å². The average Bonchev–Trinajstić information content (AvgIpc) is 2.43. The molecule has 1 aromatic carbocycles. The van der Waals surface area contributed by atoms with E-state index >= 15 is 0 Å². The number of piperidine rings is 1. The quantitative estimate of drug-likeness (QED) is 0.915. The molecule has 1 amide bonds. The van der Waals surface area contributed by atoms with E-state index in [-0.39, 0.29) is 24.4 Å². The van der Waals surface area contributed by atoms with Crippen molar-refractivity contribution in [3.8, 4) is 0 Å². The van der Waals surface area contributed by atoms with E-state index in [0.717, 1.165) is 31.4 Å². The van der Waals surface area contributed by atoms with E-state index in [1.165, 1.54) is 0 Å². The van der Waals surface area contributed by atoms with Gasteiger partial charge in [-0.3, -0.25) is 4.79 Å². The number of carbonyl (C=O) groups excluding carboxylic acids is 1. The van der Waals surface area contributed by atoms with Crippen molar-refractivity contribution in [2.45, 2.75) is 31.8 Å². The van der Waals surface area contributed by atoms with Gasteiger partial charge in [0.25, 0.3) is 0 Å². The zero-order chi connectivity index (χ0) is 13.8. The Labute approximate surface area is 136 Å². The molecule has 1 fully saturated rings. The van der Waals surface area contributed by atoms with Crippen molar-refractivity contribution in [3.63, 3.8) is 0 Å². The molecule has 1 heterocycles. The number of hydrogen-bond donors (Lipinski definition) is 1. The van der Waals surface area contributed by atoms with Crippen LogP contribution < -0.4 is 5.32 Å². The Morgan fingerprint density at radius 1 is 1.35 bits per heavy atom. The number of likely N-dealkylation sites (N-methyl/N-ethyl adjacent to an activating group) is 1. The molecular formula is C14H19Cl3N2O. The second kappa shape index (κ2) is 8.08. The van der Waals surface area contributed by atoms with Gasteiger partial charge in [0.2, 0.25) is 5.91 Å². The summed E-state index contributed by atoms with van der Waals surface area (Å²) in [5, 5.41) is 4.33. The van der Waals surface area contributed by atoms with Gasteiger partial charge in [0.1, 0.15) is 0 Å². The minimum atomic E-state index is -0.0403. The topological polar surface area (TPSA) is 32.3 Å². The molecule has 1 aliphatic rings. The molecule has 1 saturated heterocycles. The SMILES string of the molecule is CN(Cc1ccc(Cl)c(Cl)c1)C(=O)[C@H]1CCCCN1.Cl. The molecule has 2 rings (SSSR count). The summed E-state index contributed by atoms with van der Waals surface area (Å²) in [6.45, 7) is 1.48. The Kier molecular flexibility index (Phi) is 7.10. The number of nitrogens with zero attached hydrogens (tertiary/aromatic N) is 1. The third-order valence-corrected chi connectivity index (χ3v) is 4.13. The Morgan fingerprint density at radius 3 is 2.70 bits per heavy atom. The second-order valence-corrected chi connectivity index (χ2v) is 5.76. The number of rotatable bonds is 3. The summed E-state index contributed by atoms with van der Waals surface area (Å²) in [5.41, 5.74) is 0.987. The Morgan fingerprint density at radius 2 is 2.10 bits per heavy atom. The highest BCUT2D eigenvalue weighted by Crippen LogP contribution is 2.23. The van der Waals surface area contributed by atoms with Gasteiger partial charge in [-0.15, -0.1) is 12.4 Å². The zero-order valence-corrected chi connectivity index (χ0v) is 13.7. The lowest BCUT2D eigenvalue weighted by atomic mass is 10.0. The normalized spacial score (nSPS) is 18.2. The Bertz CT molecular complexity index is 462. The van der Waals surface area contributed by atoms with E-state index in [4.69, 9.17) is 23.2 Å². The van der Waals surface area contributed by atoms with Crippen molar-refractivity contribution in [3.05, 3.63) is 33.8 Å². The second-order valence-electron chi connectivity index (χ2n) is 4.95. The fourth-order valence-corrected chi connectivity index (χ4v) is 2.64. The van der Waals surface area contributed by atoms with Gasteiger partial charge in [-0.1, -0.05) is 35.7 Å². The first kappa shape index (κ1) is 17.6. The average molecular weight is 338 g/mol. The first-order chi connectivity index (χ1) is 9.08. The van der Waals surface area contributed by atoms with Crippen LogP contribution in [0.3, 0.4) is 0 Å². The largest absolute Gasteiger partial charge is 0.340 e. The summed E-state index contributed by atoms with van der Waals surface area (Å²) >= 11 is 11.9. The van der Waals surface area contributed by atoms with Gasteiger partial charge in [-0.2, -0.15) is 0 Å². The van der Waals surface area contributed by atoms with Crippen LogP contribution in [0.2, 0.25) is 10.0 Å². The van der Waals surface area contributed by atoms with E-state index in [0.29, 0.717) is 16.6 Å². The Balaban J connectivity index is 0.00000200. The van der Waals surface area contributed by atoms with Crippen molar-refractivity contribution in [2.24, 2.45) is 0 Å². The molecule has 6 heteroatoms. The molecule has 0 aliphatic carbocycles. The summed E-state index contributed by atoms with van der Waals surface area (Å²) in [5.74, 6) is 0.144. The molecule has 0 spiro atoms. The third-order valence-electron chi connectivity index (χ3n) is 3.39. The van der Waals surface area contributed by atoms with Crippen LogP contribution in [0.25, 0.3) is 0 Å². The van der Waals surface area contributed by atoms with Crippen LogP contribution in [0.4, 0.5) is 0 Å². The summed E-state index contributed by atoms with van der Waals surface area (Å²) in [6.07, 6.45) is 3.19. The van der Waals surface area contributed by atoms with Gasteiger partial charge in [-0.25, -0.2) is 0 Å². The molecular weight excluding hydrogens is 319 g/mol. The molecule has 0 unspecified atom stereocenters. The molecule has 0 bridgehead atoms. The molecule has 3 nitrogen and oxygen atoms in total. The summed E-state index contributed by atoms with van der Waals surface area (Å²) in [6, 6.07) is 5.42. The van der Waals surface area contributed by atoms with Crippen molar-refractivity contribution >= 4 is 41.5 Å². The van der Waals surface area contributed by atoms with Crippen LogP contribution in [0.1, 0.15) is 24.8 Å². The number of hydrogen-bond acceptors (Lipinski definition) is 2. The highest BCUT2D eigenvalue weighted by Gasteiger charge is 2.23. The van der Waals surface area contributed by atoms with Crippen molar-refractivity contribution in [2.75, 3.05) is 13.6 Å². The molecule has 1 atom stereocenters.